The van der Waals surface area contributed by atoms with Gasteiger partial charge < -0.3 is 10.6 Å². The van der Waals surface area contributed by atoms with Crippen LogP contribution in [0.2, 0.25) is 0 Å². The second-order valence-corrected chi connectivity index (χ2v) is 4.14. The Morgan fingerprint density at radius 2 is 2.00 bits per heavy atom. The maximum atomic E-state index is 11.9. The highest BCUT2D eigenvalue weighted by molar-refractivity contribution is 6.52. The van der Waals surface area contributed by atoms with Gasteiger partial charge >= 0.3 is 0 Å². The van der Waals surface area contributed by atoms with Crippen LogP contribution in [0.1, 0.15) is 34.6 Å². The first-order chi connectivity index (χ1) is 8.00. The minimum absolute atomic E-state index is 0.00818. The van der Waals surface area contributed by atoms with Gasteiger partial charge in [-0.25, -0.2) is 0 Å². The fourth-order valence-electron chi connectivity index (χ4n) is 1.70. The minimum Gasteiger partial charge on any atom is -0.350 e. The Morgan fingerprint density at radius 1 is 1.29 bits per heavy atom. The number of Topliss-reactive ketones (excluding diaryl/α,β-unsaturated/α-hetero) is 1. The lowest BCUT2D eigenvalue weighted by atomic mass is 10.1. The van der Waals surface area contributed by atoms with Crippen LogP contribution in [0, 0.1) is 0 Å². The molecule has 0 fully saturated rings. The summed E-state index contributed by atoms with van der Waals surface area (Å²) in [5, 5.41) is 5.14. The molecule has 0 unspecified atom stereocenters. The van der Waals surface area contributed by atoms with Crippen LogP contribution >= 0.6 is 0 Å². The van der Waals surface area contributed by atoms with Gasteiger partial charge in [-0.2, -0.15) is 0 Å². The Balaban J connectivity index is 2.42. The molecule has 1 aliphatic heterocycles. The van der Waals surface area contributed by atoms with Crippen molar-refractivity contribution in [2.24, 2.45) is 0 Å². The molecule has 88 valence electrons. The molecule has 1 aromatic rings. The molecule has 0 saturated carbocycles. The average molecular weight is 232 g/mol. The molecule has 0 atom stereocenters. The fourth-order valence-corrected chi connectivity index (χ4v) is 1.70. The molecule has 5 heteroatoms. The third-order valence-electron chi connectivity index (χ3n) is 2.42. The van der Waals surface area contributed by atoms with Crippen LogP contribution < -0.4 is 10.6 Å². The van der Waals surface area contributed by atoms with E-state index >= 15 is 0 Å². The topological polar surface area (TPSA) is 75.3 Å². The third-order valence-corrected chi connectivity index (χ3v) is 2.42. The summed E-state index contributed by atoms with van der Waals surface area (Å²) in [6.45, 7) is 3.68. The third kappa shape index (κ3) is 1.91. The summed E-state index contributed by atoms with van der Waals surface area (Å²) in [4.78, 5) is 34.5. The van der Waals surface area contributed by atoms with Crippen molar-refractivity contribution >= 4 is 23.3 Å². The van der Waals surface area contributed by atoms with Gasteiger partial charge in [0, 0.05) is 6.04 Å². The van der Waals surface area contributed by atoms with Crippen LogP contribution in [0.3, 0.4) is 0 Å². The highest BCUT2D eigenvalue weighted by Gasteiger charge is 2.31. The number of rotatable bonds is 2. The molecule has 0 aliphatic carbocycles. The zero-order valence-corrected chi connectivity index (χ0v) is 9.53. The van der Waals surface area contributed by atoms with Gasteiger partial charge in [0.05, 0.1) is 16.8 Å². The number of benzene rings is 1. The standard InChI is InChI=1S/C12H12N2O3/c1-6(2)13-11(16)8-5-3-4-7-9(8)14-12(17)10(7)15/h3-6H,1-2H3,(H,13,16)(H,14,15,17). The van der Waals surface area contributed by atoms with Crippen LogP contribution in [-0.2, 0) is 4.79 Å². The summed E-state index contributed by atoms with van der Waals surface area (Å²) in [5.41, 5.74) is 0.877. The molecule has 0 aromatic heterocycles. The Labute approximate surface area is 98.2 Å². The Bertz CT molecular complexity index is 520. The van der Waals surface area contributed by atoms with Gasteiger partial charge in [0.2, 0.25) is 0 Å². The van der Waals surface area contributed by atoms with Crippen molar-refractivity contribution < 1.29 is 14.4 Å². The van der Waals surface area contributed by atoms with Gasteiger partial charge in [0.15, 0.2) is 0 Å². The van der Waals surface area contributed by atoms with E-state index in [4.69, 9.17) is 0 Å². The van der Waals surface area contributed by atoms with Crippen molar-refractivity contribution in [2.45, 2.75) is 19.9 Å². The zero-order valence-electron chi connectivity index (χ0n) is 9.53. The lowest BCUT2D eigenvalue weighted by Gasteiger charge is -2.10. The van der Waals surface area contributed by atoms with Crippen molar-refractivity contribution in [3.05, 3.63) is 29.3 Å². The van der Waals surface area contributed by atoms with Crippen molar-refractivity contribution in [1.29, 1.82) is 0 Å². The summed E-state index contributed by atoms with van der Waals surface area (Å²) < 4.78 is 0. The smallest absolute Gasteiger partial charge is 0.296 e. The summed E-state index contributed by atoms with van der Waals surface area (Å²) in [6.07, 6.45) is 0. The van der Waals surface area contributed by atoms with E-state index in [0.29, 0.717) is 11.3 Å². The Morgan fingerprint density at radius 3 is 2.65 bits per heavy atom. The zero-order chi connectivity index (χ0) is 12.6. The molecule has 0 spiro atoms. The summed E-state index contributed by atoms with van der Waals surface area (Å²) in [5.74, 6) is -1.59. The quantitative estimate of drug-likeness (QED) is 0.746. The fraction of sp³-hybridized carbons (Fsp3) is 0.250. The summed E-state index contributed by atoms with van der Waals surface area (Å²) >= 11 is 0. The van der Waals surface area contributed by atoms with E-state index in [9.17, 15) is 14.4 Å². The van der Waals surface area contributed by atoms with Gasteiger partial charge in [0.1, 0.15) is 0 Å². The van der Waals surface area contributed by atoms with Crippen LogP contribution in [0.5, 0.6) is 0 Å². The highest BCUT2D eigenvalue weighted by atomic mass is 16.2. The van der Waals surface area contributed by atoms with Crippen molar-refractivity contribution in [1.82, 2.24) is 5.32 Å². The van der Waals surface area contributed by atoms with Gasteiger partial charge in [-0.15, -0.1) is 0 Å². The monoisotopic (exact) mass is 232 g/mol. The lowest BCUT2D eigenvalue weighted by molar-refractivity contribution is -0.112. The van der Waals surface area contributed by atoms with E-state index in [2.05, 4.69) is 10.6 Å². The maximum absolute atomic E-state index is 11.9. The number of anilines is 1. The Hall–Kier alpha value is -2.17. The van der Waals surface area contributed by atoms with E-state index in [1.165, 1.54) is 6.07 Å². The molecule has 5 nitrogen and oxygen atoms in total. The highest BCUT2D eigenvalue weighted by Crippen LogP contribution is 2.27. The summed E-state index contributed by atoms with van der Waals surface area (Å²) in [7, 11) is 0. The SMILES string of the molecule is CC(C)NC(=O)c1cccc2c1NC(=O)C2=O. The van der Waals surface area contributed by atoms with Gasteiger partial charge in [-0.1, -0.05) is 6.07 Å². The van der Waals surface area contributed by atoms with E-state index < -0.39 is 11.7 Å². The number of ketones is 1. The molecule has 0 saturated heterocycles. The first kappa shape index (κ1) is 11.3. The predicted molar refractivity (Wildman–Crippen MR) is 62.0 cm³/mol. The largest absolute Gasteiger partial charge is 0.350 e. The number of hydrogen-bond acceptors (Lipinski definition) is 3. The average Bonchev–Trinajstić information content (AvgIpc) is 2.54. The second kappa shape index (κ2) is 4.01. The van der Waals surface area contributed by atoms with E-state index in [1.807, 2.05) is 13.8 Å². The number of nitrogens with one attached hydrogen (secondary N) is 2. The lowest BCUT2D eigenvalue weighted by Crippen LogP contribution is -2.30. The summed E-state index contributed by atoms with van der Waals surface area (Å²) in [6, 6.07) is 4.69. The van der Waals surface area contributed by atoms with E-state index in [-0.39, 0.29) is 17.5 Å². The molecule has 0 bridgehead atoms. The first-order valence-corrected chi connectivity index (χ1v) is 5.30. The van der Waals surface area contributed by atoms with Crippen molar-refractivity contribution in [3.63, 3.8) is 0 Å². The van der Waals surface area contributed by atoms with Gasteiger partial charge in [0.25, 0.3) is 17.6 Å². The predicted octanol–water partition coefficient (Wildman–Crippen LogP) is 0.960. The molecule has 1 aliphatic rings. The van der Waals surface area contributed by atoms with Gasteiger partial charge in [-0.3, -0.25) is 14.4 Å². The number of para-hydroxylation sites is 1. The van der Waals surface area contributed by atoms with Crippen LogP contribution in [0.15, 0.2) is 18.2 Å². The molecular formula is C12H12N2O3. The molecular weight excluding hydrogens is 220 g/mol. The second-order valence-electron chi connectivity index (χ2n) is 4.14. The first-order valence-electron chi connectivity index (χ1n) is 5.30. The van der Waals surface area contributed by atoms with Gasteiger partial charge in [-0.05, 0) is 26.0 Å². The number of fused-ring (bicyclic) bond motifs is 1. The molecule has 2 N–H and O–H groups in total. The van der Waals surface area contributed by atoms with Crippen LogP contribution in [0.4, 0.5) is 5.69 Å². The molecule has 17 heavy (non-hydrogen) atoms. The van der Waals surface area contributed by atoms with Crippen molar-refractivity contribution in [3.8, 4) is 0 Å². The number of amides is 2. The molecule has 2 amide bonds. The van der Waals surface area contributed by atoms with E-state index in [0.717, 1.165) is 0 Å². The van der Waals surface area contributed by atoms with Crippen LogP contribution in [-0.4, -0.2) is 23.6 Å². The molecule has 1 aromatic carbocycles. The van der Waals surface area contributed by atoms with Crippen molar-refractivity contribution in [2.75, 3.05) is 5.32 Å². The number of carbonyl (C=O) groups is 3. The minimum atomic E-state index is -0.690. The molecule has 1 heterocycles. The van der Waals surface area contributed by atoms with E-state index in [1.54, 1.807) is 12.1 Å². The molecule has 0 radical (unpaired) electrons. The maximum Gasteiger partial charge on any atom is 0.296 e. The van der Waals surface area contributed by atoms with Crippen LogP contribution in [0.25, 0.3) is 0 Å². The number of hydrogen-bond donors (Lipinski definition) is 2. The normalized spacial score (nSPS) is 13.6. The Kier molecular flexibility index (Phi) is 2.67. The number of carbonyl (C=O) groups excluding carboxylic acids is 3. The molecule has 2 rings (SSSR count).